The van der Waals surface area contributed by atoms with Crippen molar-refractivity contribution in [2.75, 3.05) is 18.9 Å². The molecule has 0 atom stereocenters. The van der Waals surface area contributed by atoms with Crippen LogP contribution in [0.25, 0.3) is 0 Å². The van der Waals surface area contributed by atoms with Crippen molar-refractivity contribution < 1.29 is 14.5 Å². The maximum Gasteiger partial charge on any atom is 0.300 e. The molecule has 0 fully saturated rings. The molecule has 6 heteroatoms. The first kappa shape index (κ1) is 11.9. The third-order valence-electron chi connectivity index (χ3n) is 1.42. The van der Waals surface area contributed by atoms with Crippen LogP contribution in [0.15, 0.2) is 4.63 Å². The smallest absolute Gasteiger partial charge is 0.300 e. The zero-order chi connectivity index (χ0) is 11.6. The first-order chi connectivity index (χ1) is 7.84. The van der Waals surface area contributed by atoms with Crippen molar-refractivity contribution in [2.24, 2.45) is 0 Å². The molecule has 0 spiro atoms. The van der Waals surface area contributed by atoms with Crippen molar-refractivity contribution >= 4 is 5.82 Å². The van der Waals surface area contributed by atoms with Gasteiger partial charge in [0.2, 0.25) is 5.82 Å². The highest BCUT2D eigenvalue weighted by atomic mass is 16.6. The molecule has 0 bridgehead atoms. The normalized spacial score (nSPS) is 8.56. The topological polar surface area (TPSA) is 94.4 Å². The summed E-state index contributed by atoms with van der Waals surface area (Å²) in [7, 11) is 0. The van der Waals surface area contributed by atoms with Gasteiger partial charge in [0, 0.05) is 12.8 Å². The first-order valence-corrected chi connectivity index (χ1v) is 4.62. The third kappa shape index (κ3) is 4.36. The fraction of sp³-hybridized carbons (Fsp3) is 0.400. The van der Waals surface area contributed by atoms with Gasteiger partial charge in [0.25, 0.3) is 5.88 Å². The van der Waals surface area contributed by atoms with Gasteiger partial charge in [-0.25, -0.2) is 4.63 Å². The second kappa shape index (κ2) is 7.16. The molecule has 0 aliphatic heterocycles. The van der Waals surface area contributed by atoms with Gasteiger partial charge in [-0.2, -0.15) is 0 Å². The van der Waals surface area contributed by atoms with Crippen LogP contribution in [0.2, 0.25) is 0 Å². The molecule has 3 N–H and O–H groups in total. The number of aromatic nitrogens is 2. The quantitative estimate of drug-likeness (QED) is 0.540. The van der Waals surface area contributed by atoms with Gasteiger partial charge >= 0.3 is 0 Å². The van der Waals surface area contributed by atoms with E-state index in [-0.39, 0.29) is 18.3 Å². The summed E-state index contributed by atoms with van der Waals surface area (Å²) in [6.07, 6.45) is 0.937. The molecule has 0 aliphatic carbocycles. The molecule has 0 aliphatic rings. The maximum atomic E-state index is 8.43. The number of hydrogen-bond donors (Lipinski definition) is 2. The van der Waals surface area contributed by atoms with Crippen molar-refractivity contribution in [3.63, 3.8) is 0 Å². The van der Waals surface area contributed by atoms with Gasteiger partial charge in [-0.05, 0) is 22.2 Å². The van der Waals surface area contributed by atoms with Gasteiger partial charge in [0.1, 0.15) is 6.61 Å². The van der Waals surface area contributed by atoms with E-state index in [0.717, 1.165) is 0 Å². The Morgan fingerprint density at radius 3 is 2.62 bits per heavy atom. The summed E-state index contributed by atoms with van der Waals surface area (Å²) < 4.78 is 9.46. The molecule has 1 heterocycles. The van der Waals surface area contributed by atoms with Gasteiger partial charge in [0.15, 0.2) is 0 Å². The molecule has 1 aromatic heterocycles. The molecule has 0 aromatic carbocycles. The lowest BCUT2D eigenvalue weighted by molar-refractivity contribution is 0.259. The van der Waals surface area contributed by atoms with Crippen LogP contribution in [0.3, 0.4) is 0 Å². The molecule has 84 valence electrons. The largest absolute Gasteiger partial charge is 0.472 e. The van der Waals surface area contributed by atoms with E-state index in [0.29, 0.717) is 19.4 Å². The predicted octanol–water partition coefficient (Wildman–Crippen LogP) is -0.190. The number of nitrogen functional groups attached to an aromatic ring is 1. The minimum atomic E-state index is 0.0518. The Balaban J connectivity index is 2.18. The minimum absolute atomic E-state index is 0.0518. The number of nitrogens with zero attached hydrogens (tertiary/aromatic N) is 2. The second-order valence-electron chi connectivity index (χ2n) is 2.63. The Kier molecular flexibility index (Phi) is 5.32. The van der Waals surface area contributed by atoms with E-state index in [4.69, 9.17) is 15.6 Å². The average Bonchev–Trinajstić information content (AvgIpc) is 2.68. The van der Waals surface area contributed by atoms with Crippen LogP contribution in [-0.4, -0.2) is 28.6 Å². The lowest BCUT2D eigenvalue weighted by Gasteiger charge is -1.96. The highest BCUT2D eigenvalue weighted by molar-refractivity contribution is 5.36. The molecule has 0 saturated heterocycles. The Morgan fingerprint density at radius 2 is 2.00 bits per heavy atom. The van der Waals surface area contributed by atoms with Gasteiger partial charge in [-0.3, -0.25) is 0 Å². The number of rotatable bonds is 4. The average molecular weight is 221 g/mol. The van der Waals surface area contributed by atoms with Crippen LogP contribution in [-0.2, 0) is 0 Å². The van der Waals surface area contributed by atoms with Crippen molar-refractivity contribution in [3.8, 4) is 29.6 Å². The molecule has 0 unspecified atom stereocenters. The van der Waals surface area contributed by atoms with Crippen LogP contribution in [0.5, 0.6) is 5.88 Å². The number of ether oxygens (including phenoxy) is 1. The molecule has 1 rings (SSSR count). The van der Waals surface area contributed by atoms with Gasteiger partial charge in [0.05, 0.1) is 6.61 Å². The summed E-state index contributed by atoms with van der Waals surface area (Å²) in [5.74, 6) is 11.0. The monoisotopic (exact) mass is 221 g/mol. The maximum absolute atomic E-state index is 8.43. The molecule has 6 nitrogen and oxygen atoms in total. The number of aliphatic hydroxyl groups excluding tert-OH is 1. The molecule has 16 heavy (non-hydrogen) atoms. The van der Waals surface area contributed by atoms with Crippen molar-refractivity contribution in [2.45, 2.75) is 12.8 Å². The molecule has 0 amide bonds. The summed E-state index contributed by atoms with van der Waals surface area (Å²) in [5.41, 5.74) is 5.36. The summed E-state index contributed by atoms with van der Waals surface area (Å²) in [4.78, 5) is 0. The highest BCUT2D eigenvalue weighted by Crippen LogP contribution is 2.13. The van der Waals surface area contributed by atoms with Crippen LogP contribution in [0.4, 0.5) is 5.82 Å². The summed E-state index contributed by atoms with van der Waals surface area (Å²) >= 11 is 0. The summed E-state index contributed by atoms with van der Waals surface area (Å²) in [5, 5.41) is 15.2. The highest BCUT2D eigenvalue weighted by Gasteiger charge is 2.05. The zero-order valence-corrected chi connectivity index (χ0v) is 8.56. The molecular formula is C10H11N3O3. The van der Waals surface area contributed by atoms with Gasteiger partial charge < -0.3 is 15.6 Å². The van der Waals surface area contributed by atoms with Gasteiger partial charge in [-0.1, -0.05) is 11.8 Å². The van der Waals surface area contributed by atoms with Crippen LogP contribution >= 0.6 is 0 Å². The van der Waals surface area contributed by atoms with Crippen molar-refractivity contribution in [3.05, 3.63) is 0 Å². The SMILES string of the molecule is Nc1nonc1OCCC#CC#CCCO. The van der Waals surface area contributed by atoms with Crippen molar-refractivity contribution in [1.82, 2.24) is 10.3 Å². The van der Waals surface area contributed by atoms with Crippen LogP contribution in [0.1, 0.15) is 12.8 Å². The molecular weight excluding hydrogens is 210 g/mol. The zero-order valence-electron chi connectivity index (χ0n) is 8.56. The van der Waals surface area contributed by atoms with Crippen LogP contribution in [0, 0.1) is 23.7 Å². The Bertz CT molecular complexity index is 433. The number of aliphatic hydroxyl groups is 1. The van der Waals surface area contributed by atoms with E-state index >= 15 is 0 Å². The standard InChI is InChI=1S/C10H11N3O3/c11-9-10(13-16-12-9)15-8-6-4-2-1-3-5-7-14/h14H,5-8H2,(H2,11,12). The van der Waals surface area contributed by atoms with Crippen molar-refractivity contribution in [1.29, 1.82) is 0 Å². The Morgan fingerprint density at radius 1 is 1.25 bits per heavy atom. The van der Waals surface area contributed by atoms with E-state index in [1.54, 1.807) is 0 Å². The van der Waals surface area contributed by atoms with Gasteiger partial charge in [-0.15, -0.1) is 0 Å². The third-order valence-corrected chi connectivity index (χ3v) is 1.42. The predicted molar refractivity (Wildman–Crippen MR) is 56.1 cm³/mol. The lowest BCUT2D eigenvalue weighted by Crippen LogP contribution is -1.98. The molecule has 1 aromatic rings. The molecule has 0 saturated carbocycles. The fourth-order valence-corrected chi connectivity index (χ4v) is 0.756. The van der Waals surface area contributed by atoms with E-state index < -0.39 is 0 Å². The number of hydrogen-bond acceptors (Lipinski definition) is 6. The fourth-order valence-electron chi connectivity index (χ4n) is 0.756. The number of anilines is 1. The Labute approximate surface area is 92.7 Å². The Hall–Kier alpha value is -2.18. The first-order valence-electron chi connectivity index (χ1n) is 4.62. The van der Waals surface area contributed by atoms with E-state index in [9.17, 15) is 0 Å². The summed E-state index contributed by atoms with van der Waals surface area (Å²) in [6, 6.07) is 0. The van der Waals surface area contributed by atoms with E-state index in [1.165, 1.54) is 0 Å². The van der Waals surface area contributed by atoms with E-state index in [2.05, 4.69) is 38.6 Å². The number of nitrogens with two attached hydrogens (primary N) is 1. The molecule has 0 radical (unpaired) electrons. The van der Waals surface area contributed by atoms with E-state index in [1.807, 2.05) is 0 Å². The summed E-state index contributed by atoms with van der Waals surface area (Å²) in [6.45, 7) is 0.392. The van der Waals surface area contributed by atoms with Crippen LogP contribution < -0.4 is 10.5 Å². The second-order valence-corrected chi connectivity index (χ2v) is 2.63. The lowest BCUT2D eigenvalue weighted by atomic mass is 10.4. The minimum Gasteiger partial charge on any atom is -0.472 e.